The number of carboxylic acids is 15. The van der Waals surface area contributed by atoms with E-state index < -0.39 is 182 Å². The summed E-state index contributed by atoms with van der Waals surface area (Å²) < 4.78 is 0. The normalized spacial score (nSPS) is 9.65. The predicted molar refractivity (Wildman–Crippen MR) is 158 cm³/mol. The van der Waals surface area contributed by atoms with Crippen LogP contribution in [0.1, 0.15) is 64.2 Å². The summed E-state index contributed by atoms with van der Waals surface area (Å²) >= 11 is 0. The third-order valence-corrected chi connectivity index (χ3v) is 6.29. The van der Waals surface area contributed by atoms with Crippen LogP contribution in [0.4, 0.5) is 0 Å². The van der Waals surface area contributed by atoms with Crippen LogP contribution in [-0.4, -0.2) is 164 Å². The van der Waals surface area contributed by atoms with Crippen molar-refractivity contribution in [2.45, 2.75) is 92.2 Å². The van der Waals surface area contributed by atoms with Crippen molar-refractivity contribution in [2.24, 2.45) is 0 Å². The molecule has 0 saturated carbocycles. The molecular weight excluding hydrogens is 1310 g/mol. The van der Waals surface area contributed by atoms with Crippen LogP contribution in [0.15, 0.2) is 0 Å². The molecule has 0 aliphatic carbocycles. The summed E-state index contributed by atoms with van der Waals surface area (Å²) in [4.78, 5) is 150. The molecule has 0 fully saturated rings. The van der Waals surface area contributed by atoms with Gasteiger partial charge < -0.3 is 165 Å². The minimum absolute atomic E-state index is 0. The zero-order valence-electron chi connectivity index (χ0n) is 44.2. The summed E-state index contributed by atoms with van der Waals surface area (Å²) in [6.45, 7) is 0. The molecule has 0 saturated heterocycles. The van der Waals surface area contributed by atoms with Gasteiger partial charge in [0.05, 0.1) is 49.1 Å². The minimum atomic E-state index is -2.97. The van der Waals surface area contributed by atoms with Gasteiger partial charge in [-0.2, -0.15) is 0 Å². The Labute approximate surface area is 825 Å². The summed E-state index contributed by atoms with van der Waals surface area (Å²) in [6, 6.07) is 0. The fourth-order valence-electron chi connectivity index (χ4n) is 3.46. The molecule has 0 rings (SSSR count). The van der Waals surface area contributed by atoms with E-state index in [1.165, 1.54) is 0 Å². The summed E-state index contributed by atoms with van der Waals surface area (Å²) in [7, 11) is 0. The summed E-state index contributed by atoms with van der Waals surface area (Å²) in [5.41, 5.74) is -14.7. The van der Waals surface area contributed by atoms with Crippen LogP contribution < -0.4 is 547 Å². The van der Waals surface area contributed by atoms with Crippen LogP contribution in [-0.2, 0) is 71.9 Å². The second-order valence-corrected chi connectivity index (χ2v) is 12.1. The second-order valence-electron chi connectivity index (χ2n) is 12.1. The zero-order chi connectivity index (χ0) is 53.2. The van der Waals surface area contributed by atoms with E-state index in [0.717, 1.165) is 0 Å². The Bertz CT molecular complexity index is 1500. The number of carbonyl (C=O) groups is 15. The molecule has 1 atom stereocenters. The molecule has 0 aromatic rings. The van der Waals surface area contributed by atoms with E-state index in [2.05, 4.69) is 0 Å². The van der Waals surface area contributed by atoms with Crippen LogP contribution in [0.3, 0.4) is 0 Å². The average Bonchev–Trinajstić information content (AvgIpc) is 3.01. The Morgan fingerprint density at radius 2 is 0.308 bits per heavy atom. The summed E-state index contributed by atoms with van der Waals surface area (Å²) in [5, 5.41) is 190. The van der Waals surface area contributed by atoms with E-state index in [1.807, 2.05) is 0 Å². The van der Waals surface area contributed by atoms with Crippen molar-refractivity contribution in [2.75, 3.05) is 0 Å². The van der Waals surface area contributed by atoms with E-state index in [0.29, 0.717) is 0 Å². The van der Waals surface area contributed by atoms with Crippen LogP contribution in [0.5, 0.6) is 0 Å². The Hall–Kier alpha value is 7.63. The largest absolute Gasteiger partial charge is 1.00 e. The fraction of sp³-hybridized carbons (Fsp3) is 0.500. The zero-order valence-corrected chi connectivity index (χ0v) is 74.9. The number of aliphatic carboxylic acids is 15. The van der Waals surface area contributed by atoms with Gasteiger partial charge in [-0.05, 0) is 0 Å². The van der Waals surface area contributed by atoms with Crippen molar-refractivity contribution < 1.29 is 665 Å². The molecule has 0 radical (unpaired) electrons. The molecule has 378 valence electrons. The number of hydrogen-bond donors (Lipinski definition) is 8. The van der Waals surface area contributed by atoms with E-state index in [9.17, 15) is 133 Å². The van der Waals surface area contributed by atoms with Gasteiger partial charge in [0, 0.05) is 86.7 Å². The van der Waals surface area contributed by atoms with Gasteiger partial charge in [0.25, 0.3) is 0 Å². The molecule has 0 amide bonds. The second kappa shape index (κ2) is 69.0. The number of carboxylic acid groups (broad SMARTS) is 15. The minimum Gasteiger partial charge on any atom is -0.550 e. The maximum atomic E-state index is 10.2. The standard InChI is InChI=1S/5C6H8O7.6K.6Na.H2O/c5*7-3(8)1-6(13,5(11)12)2-4(9)10;;;;;;;;;;;;;/h5*13H,1-2H2,(H,7,8)(H,9,10)(H,11,12);;;;;;;;;;;;;1H2/q;;;;;12*+1;/p-12. The molecule has 0 aromatic carbocycles. The van der Waals surface area contributed by atoms with Gasteiger partial charge in [-0.3, -0.25) is 14.4 Å². The Morgan fingerprint density at radius 1 is 0.231 bits per heavy atom. The van der Waals surface area contributed by atoms with Crippen LogP contribution in [0, 0.1) is 0 Å². The van der Waals surface area contributed by atoms with Crippen LogP contribution in [0.25, 0.3) is 0 Å². The molecule has 10 N–H and O–H groups in total. The molecule has 0 aliphatic rings. The predicted octanol–water partition coefficient (Wildman–Crippen LogP) is -59.0. The molecular formula is C30H30K6Na6O36. The summed E-state index contributed by atoms with van der Waals surface area (Å²) in [6.07, 6.45) is -13.1. The Balaban J connectivity index is -0.0000000346. The van der Waals surface area contributed by atoms with Crippen molar-refractivity contribution in [1.29, 1.82) is 0 Å². The van der Waals surface area contributed by atoms with E-state index in [-0.39, 0.29) is 491 Å². The van der Waals surface area contributed by atoms with Gasteiger partial charge in [0.2, 0.25) is 0 Å². The molecule has 78 heavy (non-hydrogen) atoms. The summed E-state index contributed by atoms with van der Waals surface area (Å²) in [5.74, 6) is -29.0. The quantitative estimate of drug-likeness (QED) is 0.0394. The first kappa shape index (κ1) is 134. The molecule has 0 bridgehead atoms. The molecule has 0 aliphatic heterocycles. The van der Waals surface area contributed by atoms with Gasteiger partial charge in [-0.1, -0.05) is 0 Å². The van der Waals surface area contributed by atoms with Crippen molar-refractivity contribution in [3.05, 3.63) is 0 Å². The topological polar surface area (TPSA) is 726 Å². The average molecular weight is 1340 g/mol. The van der Waals surface area contributed by atoms with Crippen LogP contribution in [0.2, 0.25) is 0 Å². The van der Waals surface area contributed by atoms with Gasteiger partial charge in [0.15, 0.2) is 0 Å². The van der Waals surface area contributed by atoms with E-state index >= 15 is 0 Å². The molecule has 0 aromatic heterocycles. The Kier molecular flexibility index (Phi) is 119. The first-order valence-electron chi connectivity index (χ1n) is 15.6. The number of carbonyl (C=O) groups excluding carboxylic acids is 12. The van der Waals surface area contributed by atoms with Crippen LogP contribution >= 0.6 is 0 Å². The fourth-order valence-corrected chi connectivity index (χ4v) is 3.46. The van der Waals surface area contributed by atoms with Crippen molar-refractivity contribution in [3.8, 4) is 0 Å². The van der Waals surface area contributed by atoms with Gasteiger partial charge in [-0.25, -0.2) is 0 Å². The maximum Gasteiger partial charge on any atom is 1.00 e. The van der Waals surface area contributed by atoms with Crippen molar-refractivity contribution in [3.63, 3.8) is 0 Å². The number of rotatable bonds is 25. The maximum absolute atomic E-state index is 10.2. The van der Waals surface area contributed by atoms with E-state index in [1.54, 1.807) is 0 Å². The molecule has 0 spiro atoms. The van der Waals surface area contributed by atoms with Gasteiger partial charge in [0.1, 0.15) is 28.0 Å². The van der Waals surface area contributed by atoms with Gasteiger partial charge in [-0.15, -0.1) is 0 Å². The smallest absolute Gasteiger partial charge is 0.550 e. The molecule has 48 heteroatoms. The number of aliphatic hydroxyl groups is 5. The monoisotopic (exact) mass is 1340 g/mol. The first-order valence-corrected chi connectivity index (χ1v) is 15.6. The van der Waals surface area contributed by atoms with Crippen molar-refractivity contribution in [1.82, 2.24) is 0 Å². The third kappa shape index (κ3) is 74.4. The molecule has 0 heterocycles. The van der Waals surface area contributed by atoms with E-state index in [4.69, 9.17) is 40.9 Å². The third-order valence-electron chi connectivity index (χ3n) is 6.29. The SMILES string of the molecule is O.O=C(O)CC(O)(CC(=O)O)C(=O)[O-].O=C([O-])CC(O)(CC(=O)O)C(=O)[O-].O=C([O-])CC(O)(CC(=O)[O-])C(=O)[O-].O=C([O-])CC(O)(CC(=O)[O-])C(=O)[O-].O=C([O-])CC(O)(CC(=O)[O-])C(=O)[O-].[K+].[K+].[K+].[K+].[K+].[K+].[Na+].[Na+].[Na+].[Na+].[Na+].[Na+]. The van der Waals surface area contributed by atoms with Gasteiger partial charge >= 0.3 is 504 Å². The first-order chi connectivity index (χ1) is 28.9. The number of hydrogen-bond acceptors (Lipinski definition) is 32. The molecule has 36 nitrogen and oxygen atoms in total. The van der Waals surface area contributed by atoms with Crippen molar-refractivity contribution >= 4 is 89.5 Å². The molecule has 1 unspecified atom stereocenters. The Morgan fingerprint density at radius 3 is 0.372 bits per heavy atom.